The van der Waals surface area contributed by atoms with Crippen molar-refractivity contribution in [1.82, 2.24) is 14.6 Å². The van der Waals surface area contributed by atoms with Crippen LogP contribution in [0, 0.1) is 17.2 Å². The van der Waals surface area contributed by atoms with Gasteiger partial charge in [-0.1, -0.05) is 11.8 Å². The van der Waals surface area contributed by atoms with E-state index in [1.165, 1.54) is 28.3 Å². The molecule has 1 aliphatic carbocycles. The van der Waals surface area contributed by atoms with Crippen LogP contribution in [0.4, 0.5) is 0 Å². The lowest BCUT2D eigenvalue weighted by Gasteiger charge is -2.22. The van der Waals surface area contributed by atoms with Crippen molar-refractivity contribution in [3.8, 4) is 6.07 Å². The molecule has 9 heteroatoms. The minimum absolute atomic E-state index is 0.134. The van der Waals surface area contributed by atoms with E-state index in [4.69, 9.17) is 0 Å². The second-order valence-electron chi connectivity index (χ2n) is 6.87. The van der Waals surface area contributed by atoms with E-state index in [1.807, 2.05) is 0 Å². The molecule has 0 bridgehead atoms. The first kappa shape index (κ1) is 19.1. The van der Waals surface area contributed by atoms with Crippen LogP contribution in [0.3, 0.4) is 0 Å². The number of pyridine rings is 1. The molecule has 1 aromatic heterocycles. The highest BCUT2D eigenvalue weighted by atomic mass is 32.2. The molecule has 3 rings (SSSR count). The summed E-state index contributed by atoms with van der Waals surface area (Å²) in [4.78, 5) is 16.5. The third kappa shape index (κ3) is 4.19. The lowest BCUT2D eigenvalue weighted by Crippen LogP contribution is -2.47. The molecule has 1 N–H and O–H groups in total. The van der Waals surface area contributed by atoms with E-state index in [0.717, 1.165) is 25.7 Å². The van der Waals surface area contributed by atoms with Gasteiger partial charge in [0.2, 0.25) is 15.9 Å². The first-order valence-corrected chi connectivity index (χ1v) is 11.1. The Morgan fingerprint density at radius 1 is 1.42 bits per heavy atom. The molecule has 2 fully saturated rings. The van der Waals surface area contributed by atoms with Crippen LogP contribution in [0.5, 0.6) is 0 Å². The van der Waals surface area contributed by atoms with Crippen molar-refractivity contribution in [2.24, 2.45) is 5.92 Å². The Labute approximate surface area is 158 Å². The number of nitrogens with zero attached hydrogens (tertiary/aromatic N) is 3. The van der Waals surface area contributed by atoms with Gasteiger partial charge in [0.05, 0.1) is 16.8 Å². The number of carbonyl (C=O) groups excluding carboxylic acids is 1. The number of amides is 1. The van der Waals surface area contributed by atoms with Gasteiger partial charge in [0.1, 0.15) is 10.4 Å². The topological polar surface area (TPSA) is 103 Å². The second-order valence-corrected chi connectivity index (χ2v) is 9.80. The fraction of sp³-hybridized carbons (Fsp3) is 0.588. The van der Waals surface area contributed by atoms with Gasteiger partial charge in [0.25, 0.3) is 0 Å². The molecule has 1 amide bonds. The van der Waals surface area contributed by atoms with Gasteiger partial charge < -0.3 is 5.32 Å². The van der Waals surface area contributed by atoms with Gasteiger partial charge in [0.15, 0.2) is 0 Å². The third-order valence-electron chi connectivity index (χ3n) is 4.79. The van der Waals surface area contributed by atoms with E-state index in [2.05, 4.69) is 16.4 Å². The number of carbonyl (C=O) groups is 1. The molecule has 140 valence electrons. The van der Waals surface area contributed by atoms with E-state index in [1.54, 1.807) is 13.0 Å². The molecule has 1 atom stereocenters. The third-order valence-corrected chi connectivity index (χ3v) is 7.61. The summed E-state index contributed by atoms with van der Waals surface area (Å²) in [6.07, 6.45) is 5.05. The summed E-state index contributed by atoms with van der Waals surface area (Å²) in [6, 6.07) is 5.34. The standard InChI is InChI=1S/C17H22N4O3S2/c1-17(12-18,13-4-5-13)20-15(22)11-25-16-7-6-14(10-19-16)26(23,24)21-8-2-3-9-21/h6-7,10,13H,2-5,8-9,11H2,1H3,(H,20,22)/t17-/m0/s1. The Bertz CT molecular complexity index is 809. The summed E-state index contributed by atoms with van der Waals surface area (Å²) in [5.74, 6) is 0.144. The summed E-state index contributed by atoms with van der Waals surface area (Å²) in [6.45, 7) is 2.86. The number of sulfonamides is 1. The minimum atomic E-state index is -3.47. The van der Waals surface area contributed by atoms with Crippen molar-refractivity contribution in [2.75, 3.05) is 18.8 Å². The molecule has 2 heterocycles. The smallest absolute Gasteiger partial charge is 0.244 e. The number of nitrogens with one attached hydrogen (secondary N) is 1. The summed E-state index contributed by atoms with van der Waals surface area (Å²) in [7, 11) is -3.47. The predicted molar refractivity (Wildman–Crippen MR) is 97.8 cm³/mol. The number of aromatic nitrogens is 1. The van der Waals surface area contributed by atoms with Crippen LogP contribution in [0.25, 0.3) is 0 Å². The molecule has 0 radical (unpaired) electrons. The normalized spacial score (nSPS) is 20.3. The molecule has 1 saturated heterocycles. The summed E-state index contributed by atoms with van der Waals surface area (Å²) >= 11 is 1.22. The Morgan fingerprint density at radius 3 is 2.65 bits per heavy atom. The first-order chi connectivity index (χ1) is 12.3. The molecule has 2 aliphatic rings. The molecule has 1 aliphatic heterocycles. The highest BCUT2D eigenvalue weighted by Gasteiger charge is 2.42. The van der Waals surface area contributed by atoms with Crippen molar-refractivity contribution < 1.29 is 13.2 Å². The van der Waals surface area contributed by atoms with Gasteiger partial charge in [-0.3, -0.25) is 4.79 Å². The maximum atomic E-state index is 12.5. The van der Waals surface area contributed by atoms with Crippen LogP contribution in [-0.2, 0) is 14.8 Å². The van der Waals surface area contributed by atoms with Gasteiger partial charge in [0, 0.05) is 19.3 Å². The maximum Gasteiger partial charge on any atom is 0.244 e. The van der Waals surface area contributed by atoms with Crippen LogP contribution in [0.15, 0.2) is 28.3 Å². The molecular weight excluding hydrogens is 372 g/mol. The number of hydrogen-bond donors (Lipinski definition) is 1. The summed E-state index contributed by atoms with van der Waals surface area (Å²) in [5.41, 5.74) is -0.807. The highest BCUT2D eigenvalue weighted by molar-refractivity contribution is 7.99. The van der Waals surface area contributed by atoms with Crippen LogP contribution in [0.2, 0.25) is 0 Å². The monoisotopic (exact) mass is 394 g/mol. The fourth-order valence-electron chi connectivity index (χ4n) is 3.03. The van der Waals surface area contributed by atoms with E-state index in [-0.39, 0.29) is 22.5 Å². The van der Waals surface area contributed by atoms with Gasteiger partial charge in [-0.25, -0.2) is 13.4 Å². The van der Waals surface area contributed by atoms with Gasteiger partial charge in [-0.2, -0.15) is 9.57 Å². The van der Waals surface area contributed by atoms with Gasteiger partial charge in [-0.15, -0.1) is 0 Å². The largest absolute Gasteiger partial charge is 0.337 e. The van der Waals surface area contributed by atoms with E-state index in [9.17, 15) is 18.5 Å². The van der Waals surface area contributed by atoms with Crippen molar-refractivity contribution in [3.05, 3.63) is 18.3 Å². The lowest BCUT2D eigenvalue weighted by molar-refractivity contribution is -0.119. The van der Waals surface area contributed by atoms with Crippen LogP contribution >= 0.6 is 11.8 Å². The van der Waals surface area contributed by atoms with E-state index < -0.39 is 15.6 Å². The Hall–Kier alpha value is -1.63. The molecule has 0 unspecified atom stereocenters. The zero-order valence-electron chi connectivity index (χ0n) is 14.6. The van der Waals surface area contributed by atoms with Crippen molar-refractivity contribution in [3.63, 3.8) is 0 Å². The lowest BCUT2D eigenvalue weighted by atomic mass is 9.98. The van der Waals surface area contributed by atoms with Crippen molar-refractivity contribution in [2.45, 2.75) is 48.1 Å². The first-order valence-electron chi connectivity index (χ1n) is 8.66. The van der Waals surface area contributed by atoms with Crippen molar-refractivity contribution >= 4 is 27.7 Å². The average molecular weight is 395 g/mol. The fourth-order valence-corrected chi connectivity index (χ4v) is 5.14. The van der Waals surface area contributed by atoms with Crippen LogP contribution in [0.1, 0.15) is 32.6 Å². The van der Waals surface area contributed by atoms with Crippen LogP contribution in [-0.4, -0.2) is 48.0 Å². The zero-order chi connectivity index (χ0) is 18.8. The molecular formula is C17H22N4O3S2. The van der Waals surface area contributed by atoms with Gasteiger partial charge >= 0.3 is 0 Å². The zero-order valence-corrected chi connectivity index (χ0v) is 16.3. The summed E-state index contributed by atoms with van der Waals surface area (Å²) in [5, 5.41) is 12.7. The number of nitriles is 1. The molecule has 0 spiro atoms. The predicted octanol–water partition coefficient (Wildman–Crippen LogP) is 1.77. The maximum absolute atomic E-state index is 12.5. The number of rotatable bonds is 7. The second kappa shape index (κ2) is 7.55. The molecule has 7 nitrogen and oxygen atoms in total. The molecule has 26 heavy (non-hydrogen) atoms. The SMILES string of the molecule is C[C@@](C#N)(NC(=O)CSc1ccc(S(=O)(=O)N2CCCC2)cn1)C1CC1. The van der Waals surface area contributed by atoms with E-state index >= 15 is 0 Å². The average Bonchev–Trinajstić information content (AvgIpc) is 3.35. The van der Waals surface area contributed by atoms with Crippen LogP contribution < -0.4 is 5.32 Å². The van der Waals surface area contributed by atoms with Crippen molar-refractivity contribution in [1.29, 1.82) is 5.26 Å². The highest BCUT2D eigenvalue weighted by Crippen LogP contribution is 2.39. The Morgan fingerprint density at radius 2 is 2.12 bits per heavy atom. The molecule has 1 aromatic rings. The Balaban J connectivity index is 1.56. The van der Waals surface area contributed by atoms with Gasteiger partial charge in [-0.05, 0) is 50.7 Å². The number of hydrogen-bond acceptors (Lipinski definition) is 6. The minimum Gasteiger partial charge on any atom is -0.337 e. The molecule has 1 saturated carbocycles. The quantitative estimate of drug-likeness (QED) is 0.707. The molecule has 0 aromatic carbocycles. The van der Waals surface area contributed by atoms with E-state index in [0.29, 0.717) is 18.1 Å². The Kier molecular flexibility index (Phi) is 5.55. The summed E-state index contributed by atoms with van der Waals surface area (Å²) < 4.78 is 26.4. The number of thioether (sulfide) groups is 1.